The van der Waals surface area contributed by atoms with Crippen molar-refractivity contribution in [3.63, 3.8) is 0 Å². The topological polar surface area (TPSA) is 55.8 Å². The summed E-state index contributed by atoms with van der Waals surface area (Å²) in [4.78, 5) is 10.4. The van der Waals surface area contributed by atoms with Crippen molar-refractivity contribution in [2.24, 2.45) is 0 Å². The van der Waals surface area contributed by atoms with E-state index in [1.807, 2.05) is 12.2 Å². The number of carboxylic acid groups (broad SMARTS) is 1. The Morgan fingerprint density at radius 1 is 1.37 bits per heavy atom. The van der Waals surface area contributed by atoms with E-state index in [9.17, 15) is 4.79 Å². The van der Waals surface area contributed by atoms with Crippen molar-refractivity contribution in [3.8, 4) is 0 Å². The van der Waals surface area contributed by atoms with E-state index in [0.29, 0.717) is 18.6 Å². The second-order valence-electron chi connectivity index (χ2n) is 4.21. The van der Waals surface area contributed by atoms with Crippen LogP contribution >= 0.6 is 12.4 Å². The molecule has 0 fully saturated rings. The summed E-state index contributed by atoms with van der Waals surface area (Å²) in [7, 11) is 0. The molecule has 1 heterocycles. The lowest BCUT2D eigenvalue weighted by atomic mass is 10.0. The molecule has 0 saturated carbocycles. The van der Waals surface area contributed by atoms with Gasteiger partial charge in [0.15, 0.2) is 5.76 Å². The van der Waals surface area contributed by atoms with E-state index in [2.05, 4.69) is 6.08 Å². The van der Waals surface area contributed by atoms with Gasteiger partial charge in [0.1, 0.15) is 18.3 Å². The minimum atomic E-state index is -0.789. The Labute approximate surface area is 118 Å². The van der Waals surface area contributed by atoms with Crippen LogP contribution in [-0.2, 0) is 14.3 Å². The van der Waals surface area contributed by atoms with Crippen LogP contribution in [0.5, 0.6) is 0 Å². The predicted octanol–water partition coefficient (Wildman–Crippen LogP) is 3.67. The zero-order valence-electron chi connectivity index (χ0n) is 10.5. The number of ether oxygens (including phenoxy) is 2. The molecule has 0 unspecified atom stereocenters. The fraction of sp³-hybridized carbons (Fsp3) is 0.357. The molecule has 4 nitrogen and oxygen atoms in total. The molecule has 0 spiro atoms. The molecule has 0 saturated heterocycles. The second kappa shape index (κ2) is 7.69. The SMILES string of the molecule is Cl.O=C(O)CCCC1=COC=C(C2=CC=CCC2)O1. The average molecular weight is 285 g/mol. The van der Waals surface area contributed by atoms with Gasteiger partial charge in [0.05, 0.1) is 0 Å². The molecule has 0 atom stereocenters. The van der Waals surface area contributed by atoms with E-state index in [-0.39, 0.29) is 18.8 Å². The van der Waals surface area contributed by atoms with Gasteiger partial charge >= 0.3 is 5.97 Å². The number of halogens is 1. The molecule has 0 aromatic carbocycles. The van der Waals surface area contributed by atoms with Gasteiger partial charge in [0, 0.05) is 12.8 Å². The van der Waals surface area contributed by atoms with E-state index >= 15 is 0 Å². The van der Waals surface area contributed by atoms with Crippen LogP contribution in [-0.4, -0.2) is 11.1 Å². The number of carbonyl (C=O) groups is 1. The monoisotopic (exact) mass is 284 g/mol. The maximum atomic E-state index is 10.4. The zero-order valence-corrected chi connectivity index (χ0v) is 11.3. The molecule has 1 aliphatic heterocycles. The molecule has 0 amide bonds. The highest BCUT2D eigenvalue weighted by Gasteiger charge is 2.15. The van der Waals surface area contributed by atoms with Crippen molar-refractivity contribution < 1.29 is 19.4 Å². The molecule has 2 rings (SSSR count). The van der Waals surface area contributed by atoms with Gasteiger partial charge in [-0.2, -0.15) is 0 Å². The van der Waals surface area contributed by atoms with Crippen molar-refractivity contribution in [1.82, 2.24) is 0 Å². The first-order valence-corrected chi connectivity index (χ1v) is 6.06. The molecular weight excluding hydrogens is 268 g/mol. The lowest BCUT2D eigenvalue weighted by Crippen LogP contribution is -2.04. The van der Waals surface area contributed by atoms with Crippen LogP contribution in [0.1, 0.15) is 32.1 Å². The normalized spacial score (nSPS) is 17.2. The van der Waals surface area contributed by atoms with Gasteiger partial charge in [0.2, 0.25) is 0 Å². The molecule has 0 aromatic heterocycles. The van der Waals surface area contributed by atoms with E-state index in [1.165, 1.54) is 6.26 Å². The summed E-state index contributed by atoms with van der Waals surface area (Å²) in [6, 6.07) is 0. The van der Waals surface area contributed by atoms with Crippen LogP contribution in [0.15, 0.2) is 47.8 Å². The van der Waals surface area contributed by atoms with Crippen LogP contribution in [0, 0.1) is 0 Å². The summed E-state index contributed by atoms with van der Waals surface area (Å²) in [5.74, 6) is 0.625. The molecule has 1 N–H and O–H groups in total. The highest BCUT2D eigenvalue weighted by atomic mass is 35.5. The third-order valence-electron chi connectivity index (χ3n) is 2.76. The Morgan fingerprint density at radius 2 is 2.21 bits per heavy atom. The zero-order chi connectivity index (χ0) is 12.8. The Bertz CT molecular complexity index is 446. The van der Waals surface area contributed by atoms with Gasteiger partial charge in [-0.25, -0.2) is 0 Å². The molecule has 1 aliphatic carbocycles. The molecular formula is C14H17ClO4. The highest BCUT2D eigenvalue weighted by Crippen LogP contribution is 2.27. The Morgan fingerprint density at radius 3 is 2.89 bits per heavy atom. The van der Waals surface area contributed by atoms with Crippen molar-refractivity contribution in [1.29, 1.82) is 0 Å². The molecule has 0 aromatic rings. The number of carboxylic acids is 1. The number of allylic oxidation sites excluding steroid dienone is 5. The fourth-order valence-corrected chi connectivity index (χ4v) is 1.83. The van der Waals surface area contributed by atoms with Gasteiger partial charge in [0.25, 0.3) is 0 Å². The maximum Gasteiger partial charge on any atom is 0.303 e. The first kappa shape index (κ1) is 15.4. The molecule has 19 heavy (non-hydrogen) atoms. The van der Waals surface area contributed by atoms with E-state index in [1.54, 1.807) is 6.26 Å². The number of aliphatic carboxylic acids is 1. The van der Waals surface area contributed by atoms with E-state index in [4.69, 9.17) is 14.6 Å². The molecule has 0 bridgehead atoms. The minimum Gasteiger partial charge on any atom is -0.481 e. The first-order chi connectivity index (χ1) is 8.75. The van der Waals surface area contributed by atoms with Crippen LogP contribution < -0.4 is 0 Å². The van der Waals surface area contributed by atoms with E-state index < -0.39 is 5.97 Å². The molecule has 5 heteroatoms. The average Bonchev–Trinajstić information content (AvgIpc) is 2.40. The van der Waals surface area contributed by atoms with Crippen LogP contribution in [0.3, 0.4) is 0 Å². The van der Waals surface area contributed by atoms with Gasteiger partial charge in [-0.15, -0.1) is 12.4 Å². The summed E-state index contributed by atoms with van der Waals surface area (Å²) >= 11 is 0. The van der Waals surface area contributed by atoms with E-state index in [0.717, 1.165) is 24.2 Å². The highest BCUT2D eigenvalue weighted by molar-refractivity contribution is 5.85. The maximum absolute atomic E-state index is 10.4. The second-order valence-corrected chi connectivity index (χ2v) is 4.21. The standard InChI is InChI=1S/C14H16O4.ClH/c15-14(16)8-4-7-12-9-17-10-13(18-12)11-5-2-1-3-6-11;/h1-2,5,9-10H,3-4,6-8H2,(H,15,16);1H. The summed E-state index contributed by atoms with van der Waals surface area (Å²) in [6.45, 7) is 0. The molecule has 2 aliphatic rings. The predicted molar refractivity (Wildman–Crippen MR) is 73.5 cm³/mol. The molecule has 0 radical (unpaired) electrons. The first-order valence-electron chi connectivity index (χ1n) is 6.06. The number of hydrogen-bond donors (Lipinski definition) is 1. The van der Waals surface area contributed by atoms with Crippen LogP contribution in [0.4, 0.5) is 0 Å². The van der Waals surface area contributed by atoms with Crippen molar-refractivity contribution in [3.05, 3.63) is 47.8 Å². The summed E-state index contributed by atoms with van der Waals surface area (Å²) in [5, 5.41) is 8.58. The third kappa shape index (κ3) is 4.83. The number of rotatable bonds is 5. The summed E-state index contributed by atoms with van der Waals surface area (Å²) in [6.07, 6.45) is 12.5. The Balaban J connectivity index is 0.00000180. The Hall–Kier alpha value is -1.68. The Kier molecular flexibility index (Phi) is 6.22. The third-order valence-corrected chi connectivity index (χ3v) is 2.76. The van der Waals surface area contributed by atoms with Gasteiger partial charge in [-0.3, -0.25) is 4.79 Å². The largest absolute Gasteiger partial charge is 0.481 e. The smallest absolute Gasteiger partial charge is 0.303 e. The minimum absolute atomic E-state index is 0. The van der Waals surface area contributed by atoms with Crippen molar-refractivity contribution in [2.45, 2.75) is 32.1 Å². The number of hydrogen-bond acceptors (Lipinski definition) is 3. The van der Waals surface area contributed by atoms with Gasteiger partial charge < -0.3 is 14.6 Å². The van der Waals surface area contributed by atoms with Gasteiger partial charge in [-0.1, -0.05) is 18.2 Å². The summed E-state index contributed by atoms with van der Waals surface area (Å²) in [5.41, 5.74) is 1.11. The lowest BCUT2D eigenvalue weighted by molar-refractivity contribution is -0.137. The van der Waals surface area contributed by atoms with Crippen molar-refractivity contribution >= 4 is 18.4 Å². The summed E-state index contributed by atoms with van der Waals surface area (Å²) < 4.78 is 11.0. The quantitative estimate of drug-likeness (QED) is 0.837. The van der Waals surface area contributed by atoms with Crippen LogP contribution in [0.25, 0.3) is 0 Å². The lowest BCUT2D eigenvalue weighted by Gasteiger charge is -2.19. The fourth-order valence-electron chi connectivity index (χ4n) is 1.83. The van der Waals surface area contributed by atoms with Crippen molar-refractivity contribution in [2.75, 3.05) is 0 Å². The molecule has 104 valence electrons. The van der Waals surface area contributed by atoms with Gasteiger partial charge in [-0.05, 0) is 24.8 Å². The van der Waals surface area contributed by atoms with Crippen LogP contribution in [0.2, 0.25) is 0 Å².